The minimum atomic E-state index is -0.992. The van der Waals surface area contributed by atoms with Crippen LogP contribution in [0.3, 0.4) is 0 Å². The van der Waals surface area contributed by atoms with E-state index in [1.807, 2.05) is 37.3 Å². The molecule has 1 amide bonds. The summed E-state index contributed by atoms with van der Waals surface area (Å²) in [5.41, 5.74) is 0.00828. The monoisotopic (exact) mass is 276 g/mol. The van der Waals surface area contributed by atoms with E-state index < -0.39 is 5.60 Å². The lowest BCUT2D eigenvalue weighted by Crippen LogP contribution is -2.52. The van der Waals surface area contributed by atoms with Crippen molar-refractivity contribution in [2.75, 3.05) is 0 Å². The summed E-state index contributed by atoms with van der Waals surface area (Å²) in [5.74, 6) is 0.291. The van der Waals surface area contributed by atoms with Gasteiger partial charge in [0.25, 0.3) is 5.91 Å². The highest BCUT2D eigenvalue weighted by Gasteiger charge is 2.41. The van der Waals surface area contributed by atoms with Crippen molar-refractivity contribution in [3.8, 4) is 0 Å². The van der Waals surface area contributed by atoms with Gasteiger partial charge in [-0.2, -0.15) is 5.06 Å². The first-order chi connectivity index (χ1) is 9.54. The van der Waals surface area contributed by atoms with Crippen LogP contribution in [-0.2, 0) is 21.1 Å². The summed E-state index contributed by atoms with van der Waals surface area (Å²) in [6, 6.07) is 9.71. The lowest BCUT2D eigenvalue weighted by atomic mass is 10.1. The molecule has 0 bridgehead atoms. The molecule has 1 aliphatic rings. The van der Waals surface area contributed by atoms with Gasteiger partial charge in [-0.25, -0.2) is 0 Å². The van der Waals surface area contributed by atoms with Gasteiger partial charge in [-0.05, 0) is 25.8 Å². The summed E-state index contributed by atoms with van der Waals surface area (Å²) in [7, 11) is 0. The molecule has 5 nitrogen and oxygen atoms in total. The molecule has 0 aromatic heterocycles. The standard InChI is InChI=1S/C15H20N2O3/c1-4-8-13-16-20-15(2,3)14(18)17(13)19-11-12-9-6-5-7-10-12/h5-7,9-10H,4,8,11H2,1-3H3. The molecule has 1 aromatic rings. The van der Waals surface area contributed by atoms with Gasteiger partial charge in [0.1, 0.15) is 6.61 Å². The predicted molar refractivity (Wildman–Crippen MR) is 75.6 cm³/mol. The first-order valence-corrected chi connectivity index (χ1v) is 6.81. The van der Waals surface area contributed by atoms with E-state index in [1.165, 1.54) is 5.06 Å². The van der Waals surface area contributed by atoms with Crippen molar-refractivity contribution in [1.82, 2.24) is 5.06 Å². The van der Waals surface area contributed by atoms with Crippen LogP contribution in [0.5, 0.6) is 0 Å². The van der Waals surface area contributed by atoms with E-state index >= 15 is 0 Å². The summed E-state index contributed by atoms with van der Waals surface area (Å²) < 4.78 is 0. The molecule has 2 rings (SSSR count). The third-order valence-electron chi connectivity index (χ3n) is 2.99. The Labute approximate surface area is 119 Å². The van der Waals surface area contributed by atoms with Crippen molar-refractivity contribution < 1.29 is 14.5 Å². The molecule has 20 heavy (non-hydrogen) atoms. The van der Waals surface area contributed by atoms with Gasteiger partial charge in [-0.15, -0.1) is 0 Å². The highest BCUT2D eigenvalue weighted by atomic mass is 16.7. The van der Waals surface area contributed by atoms with Crippen LogP contribution in [0, 0.1) is 0 Å². The maximum atomic E-state index is 12.3. The maximum absolute atomic E-state index is 12.3. The number of nitrogens with zero attached hydrogens (tertiary/aromatic N) is 2. The quantitative estimate of drug-likeness (QED) is 0.831. The molecule has 0 aliphatic carbocycles. The van der Waals surface area contributed by atoms with Gasteiger partial charge in [-0.3, -0.25) is 9.63 Å². The molecule has 0 N–H and O–H groups in total. The van der Waals surface area contributed by atoms with Crippen molar-refractivity contribution in [1.29, 1.82) is 0 Å². The molecule has 0 radical (unpaired) electrons. The number of rotatable bonds is 5. The van der Waals surface area contributed by atoms with E-state index in [4.69, 9.17) is 9.68 Å². The smallest absolute Gasteiger partial charge is 0.298 e. The Morgan fingerprint density at radius 2 is 2.00 bits per heavy atom. The van der Waals surface area contributed by atoms with Gasteiger partial charge in [0.15, 0.2) is 5.84 Å². The Bertz CT molecular complexity index is 497. The summed E-state index contributed by atoms with van der Waals surface area (Å²) in [5, 5.41) is 5.29. The number of hydroxylamine groups is 2. The minimum absolute atomic E-state index is 0.230. The summed E-state index contributed by atoms with van der Waals surface area (Å²) in [6.45, 7) is 5.70. The van der Waals surface area contributed by atoms with E-state index in [-0.39, 0.29) is 5.91 Å². The lowest BCUT2D eigenvalue weighted by Gasteiger charge is -2.33. The van der Waals surface area contributed by atoms with E-state index in [9.17, 15) is 4.79 Å². The molecule has 0 unspecified atom stereocenters. The average Bonchev–Trinajstić information content (AvgIpc) is 2.44. The minimum Gasteiger partial charge on any atom is -0.378 e. The van der Waals surface area contributed by atoms with Crippen LogP contribution >= 0.6 is 0 Å². The molecule has 0 saturated carbocycles. The molecule has 0 fully saturated rings. The summed E-state index contributed by atoms with van der Waals surface area (Å²) in [6.07, 6.45) is 1.50. The Hall–Kier alpha value is -1.88. The van der Waals surface area contributed by atoms with Crippen LogP contribution in [0.4, 0.5) is 0 Å². The molecule has 1 aliphatic heterocycles. The second kappa shape index (κ2) is 6.05. The molecule has 0 saturated heterocycles. The van der Waals surface area contributed by atoms with Crippen molar-refractivity contribution in [3.63, 3.8) is 0 Å². The molecular weight excluding hydrogens is 256 g/mol. The van der Waals surface area contributed by atoms with Gasteiger partial charge in [0.2, 0.25) is 5.60 Å². The number of amides is 1. The number of hydrogen-bond donors (Lipinski definition) is 0. The molecule has 1 heterocycles. The number of carbonyl (C=O) groups excluding carboxylic acids is 1. The van der Waals surface area contributed by atoms with Crippen LogP contribution < -0.4 is 0 Å². The zero-order valence-corrected chi connectivity index (χ0v) is 12.1. The zero-order valence-electron chi connectivity index (χ0n) is 12.1. The van der Waals surface area contributed by atoms with E-state index in [1.54, 1.807) is 13.8 Å². The van der Waals surface area contributed by atoms with Gasteiger partial charge < -0.3 is 4.84 Å². The third-order valence-corrected chi connectivity index (χ3v) is 2.99. The normalized spacial score (nSPS) is 17.6. The molecular formula is C15H20N2O3. The highest BCUT2D eigenvalue weighted by molar-refractivity contribution is 6.01. The van der Waals surface area contributed by atoms with Crippen molar-refractivity contribution >= 4 is 11.7 Å². The Morgan fingerprint density at radius 1 is 1.30 bits per heavy atom. The fraction of sp³-hybridized carbons (Fsp3) is 0.467. The molecule has 5 heteroatoms. The van der Waals surface area contributed by atoms with Gasteiger partial charge >= 0.3 is 0 Å². The van der Waals surface area contributed by atoms with Gasteiger partial charge in [0, 0.05) is 6.42 Å². The second-order valence-electron chi connectivity index (χ2n) is 5.22. The number of hydrogen-bond acceptors (Lipinski definition) is 4. The first-order valence-electron chi connectivity index (χ1n) is 6.81. The zero-order chi connectivity index (χ0) is 14.6. The number of benzene rings is 1. The van der Waals surface area contributed by atoms with Crippen LogP contribution in [0.2, 0.25) is 0 Å². The van der Waals surface area contributed by atoms with Crippen LogP contribution in [0.1, 0.15) is 39.2 Å². The number of carbonyl (C=O) groups is 1. The van der Waals surface area contributed by atoms with Gasteiger partial charge in [0.05, 0.1) is 0 Å². The Kier molecular flexibility index (Phi) is 4.39. The van der Waals surface area contributed by atoms with Gasteiger partial charge in [-0.1, -0.05) is 42.4 Å². The van der Waals surface area contributed by atoms with E-state index in [0.29, 0.717) is 18.9 Å². The largest absolute Gasteiger partial charge is 0.378 e. The Balaban J connectivity index is 2.11. The van der Waals surface area contributed by atoms with E-state index in [0.717, 1.165) is 12.0 Å². The third kappa shape index (κ3) is 3.17. The topological polar surface area (TPSA) is 51.1 Å². The SMILES string of the molecule is CCCC1=NOC(C)(C)C(=O)N1OCc1ccccc1. The first kappa shape index (κ1) is 14.5. The molecule has 1 aromatic carbocycles. The molecule has 0 spiro atoms. The van der Waals surface area contributed by atoms with Crippen molar-refractivity contribution in [3.05, 3.63) is 35.9 Å². The predicted octanol–water partition coefficient (Wildman–Crippen LogP) is 2.87. The fourth-order valence-corrected chi connectivity index (χ4v) is 1.82. The fourth-order valence-electron chi connectivity index (χ4n) is 1.82. The maximum Gasteiger partial charge on any atom is 0.298 e. The summed E-state index contributed by atoms with van der Waals surface area (Å²) in [4.78, 5) is 23.2. The van der Waals surface area contributed by atoms with Crippen molar-refractivity contribution in [2.24, 2.45) is 5.16 Å². The molecule has 0 atom stereocenters. The number of oxime groups is 1. The average molecular weight is 276 g/mol. The Morgan fingerprint density at radius 3 is 2.65 bits per heavy atom. The molecule has 108 valence electrons. The number of amidine groups is 1. The van der Waals surface area contributed by atoms with Crippen LogP contribution in [-0.4, -0.2) is 22.4 Å². The second-order valence-corrected chi connectivity index (χ2v) is 5.22. The van der Waals surface area contributed by atoms with Crippen LogP contribution in [0.15, 0.2) is 35.5 Å². The van der Waals surface area contributed by atoms with Crippen molar-refractivity contribution in [2.45, 2.75) is 45.8 Å². The van der Waals surface area contributed by atoms with Crippen LogP contribution in [0.25, 0.3) is 0 Å². The highest BCUT2D eigenvalue weighted by Crippen LogP contribution is 2.22. The van der Waals surface area contributed by atoms with E-state index in [2.05, 4.69) is 5.16 Å². The lowest BCUT2D eigenvalue weighted by molar-refractivity contribution is -0.197. The summed E-state index contributed by atoms with van der Waals surface area (Å²) >= 11 is 0.